The average molecular weight is 533 g/mol. The van der Waals surface area contributed by atoms with Crippen molar-refractivity contribution < 1.29 is 13.5 Å². The van der Waals surface area contributed by atoms with Gasteiger partial charge >= 0.3 is 0 Å². The van der Waals surface area contributed by atoms with Crippen LogP contribution in [0.2, 0.25) is 0 Å². The van der Waals surface area contributed by atoms with Gasteiger partial charge in [0.05, 0.1) is 16.7 Å². The van der Waals surface area contributed by atoms with Gasteiger partial charge in [0.15, 0.2) is 5.82 Å². The molecule has 0 aliphatic heterocycles. The Balaban J connectivity index is 1.53. The van der Waals surface area contributed by atoms with E-state index in [9.17, 15) is 13.5 Å². The number of hydrogen-bond donors (Lipinski definition) is 5. The standard InChI is InChI=1S/C26H28N8O3S/c1-18(19-8-10-22(11-9-19)38(36,37)27-2)33-34-25-16-24(29-17-23(35)20-12-14-28-15-13-20)31-26(32-25)30-21-6-4-3-5-7-21/h3-16,23,27,35H,17H2,1-2H3,(H3,29,30,31,32,34). The molecule has 0 aliphatic rings. The van der Waals surface area contributed by atoms with E-state index >= 15 is 0 Å². The minimum absolute atomic E-state index is 0.168. The van der Waals surface area contributed by atoms with Crippen molar-refractivity contribution in [3.05, 3.63) is 96.3 Å². The molecule has 0 spiro atoms. The maximum absolute atomic E-state index is 12.0. The highest BCUT2D eigenvalue weighted by atomic mass is 32.2. The number of aromatic nitrogens is 3. The van der Waals surface area contributed by atoms with Crippen LogP contribution in [0, 0.1) is 0 Å². The molecule has 0 fully saturated rings. The first-order valence-corrected chi connectivity index (χ1v) is 13.2. The third kappa shape index (κ3) is 7.09. The Morgan fingerprint density at radius 1 is 0.974 bits per heavy atom. The number of para-hydroxylation sites is 1. The van der Waals surface area contributed by atoms with Gasteiger partial charge in [0.25, 0.3) is 0 Å². The van der Waals surface area contributed by atoms with Gasteiger partial charge in [-0.05, 0) is 61.5 Å². The topological polar surface area (TPSA) is 154 Å². The number of nitrogens with zero attached hydrogens (tertiary/aromatic N) is 4. The zero-order valence-electron chi connectivity index (χ0n) is 20.8. The second-order valence-electron chi connectivity index (χ2n) is 8.17. The van der Waals surface area contributed by atoms with E-state index in [0.29, 0.717) is 23.3 Å². The number of hydrazone groups is 1. The molecular weight excluding hydrogens is 504 g/mol. The van der Waals surface area contributed by atoms with E-state index in [0.717, 1.165) is 16.8 Å². The predicted molar refractivity (Wildman–Crippen MR) is 148 cm³/mol. The molecule has 38 heavy (non-hydrogen) atoms. The highest BCUT2D eigenvalue weighted by Crippen LogP contribution is 2.20. The number of benzene rings is 2. The second kappa shape index (κ2) is 12.2. The van der Waals surface area contributed by atoms with Crippen LogP contribution < -0.4 is 20.8 Å². The van der Waals surface area contributed by atoms with Crippen molar-refractivity contribution in [2.45, 2.75) is 17.9 Å². The van der Waals surface area contributed by atoms with E-state index in [1.165, 1.54) is 19.2 Å². The summed E-state index contributed by atoms with van der Waals surface area (Å²) >= 11 is 0. The van der Waals surface area contributed by atoms with Crippen LogP contribution in [0.1, 0.15) is 24.2 Å². The maximum atomic E-state index is 12.0. The highest BCUT2D eigenvalue weighted by Gasteiger charge is 2.12. The lowest BCUT2D eigenvalue weighted by Crippen LogP contribution is -2.18. The van der Waals surface area contributed by atoms with Gasteiger partial charge in [-0.25, -0.2) is 13.1 Å². The SMILES string of the molecule is CNS(=O)(=O)c1ccc(C(C)=NNc2cc(NCC(O)c3ccncc3)nc(Nc3ccccc3)n2)cc1. The first-order chi connectivity index (χ1) is 18.3. The number of pyridine rings is 1. The molecule has 1 atom stereocenters. The molecule has 5 N–H and O–H groups in total. The normalized spacial score (nSPS) is 12.6. The summed E-state index contributed by atoms with van der Waals surface area (Å²) in [5.74, 6) is 1.22. The molecule has 12 heteroatoms. The number of aliphatic hydroxyl groups is 1. The van der Waals surface area contributed by atoms with E-state index in [2.05, 4.69) is 40.8 Å². The van der Waals surface area contributed by atoms with Crippen molar-refractivity contribution in [1.82, 2.24) is 19.7 Å². The molecule has 2 aromatic heterocycles. The largest absolute Gasteiger partial charge is 0.387 e. The first-order valence-electron chi connectivity index (χ1n) is 11.7. The molecule has 0 amide bonds. The molecule has 11 nitrogen and oxygen atoms in total. The van der Waals surface area contributed by atoms with Crippen molar-refractivity contribution in [2.75, 3.05) is 29.7 Å². The Bertz CT molecular complexity index is 1480. The summed E-state index contributed by atoms with van der Waals surface area (Å²) < 4.78 is 26.2. The molecule has 0 saturated heterocycles. The van der Waals surface area contributed by atoms with Crippen LogP contribution in [0.5, 0.6) is 0 Å². The summed E-state index contributed by atoms with van der Waals surface area (Å²) in [5, 5.41) is 21.2. The molecule has 4 aromatic rings. The summed E-state index contributed by atoms with van der Waals surface area (Å²) in [4.78, 5) is 13.2. The molecule has 0 radical (unpaired) electrons. The van der Waals surface area contributed by atoms with Gasteiger partial charge in [-0.2, -0.15) is 15.1 Å². The quantitative estimate of drug-likeness (QED) is 0.144. The van der Waals surface area contributed by atoms with Crippen molar-refractivity contribution in [3.63, 3.8) is 0 Å². The van der Waals surface area contributed by atoms with Gasteiger partial charge < -0.3 is 15.7 Å². The average Bonchev–Trinajstić information content (AvgIpc) is 2.95. The van der Waals surface area contributed by atoms with Crippen LogP contribution in [0.15, 0.2) is 95.2 Å². The van der Waals surface area contributed by atoms with Gasteiger partial charge in [-0.1, -0.05) is 30.3 Å². The Morgan fingerprint density at radius 3 is 2.34 bits per heavy atom. The molecule has 196 valence electrons. The molecule has 4 rings (SSSR count). The van der Waals surface area contributed by atoms with Gasteiger partial charge in [0.1, 0.15) is 5.82 Å². The number of aliphatic hydroxyl groups excluding tert-OH is 1. The number of anilines is 4. The lowest BCUT2D eigenvalue weighted by molar-refractivity contribution is 0.191. The maximum Gasteiger partial charge on any atom is 0.240 e. The third-order valence-electron chi connectivity index (χ3n) is 5.51. The molecule has 0 bridgehead atoms. The van der Waals surface area contributed by atoms with Gasteiger partial charge in [0.2, 0.25) is 16.0 Å². The first kappa shape index (κ1) is 26.7. The van der Waals surface area contributed by atoms with E-state index in [1.54, 1.807) is 49.6 Å². The second-order valence-corrected chi connectivity index (χ2v) is 10.1. The molecular formula is C26H28N8O3S. The van der Waals surface area contributed by atoms with E-state index in [4.69, 9.17) is 0 Å². The minimum atomic E-state index is -3.52. The minimum Gasteiger partial charge on any atom is -0.387 e. The fourth-order valence-corrected chi connectivity index (χ4v) is 4.14. The fraction of sp³-hybridized carbons (Fsp3) is 0.154. The summed E-state index contributed by atoms with van der Waals surface area (Å²) in [6.07, 6.45) is 2.49. The van der Waals surface area contributed by atoms with Crippen LogP contribution in [0.4, 0.5) is 23.3 Å². The Kier molecular flexibility index (Phi) is 8.58. The highest BCUT2D eigenvalue weighted by molar-refractivity contribution is 7.89. The van der Waals surface area contributed by atoms with Crippen molar-refractivity contribution in [2.24, 2.45) is 5.10 Å². The smallest absolute Gasteiger partial charge is 0.240 e. The Morgan fingerprint density at radius 2 is 1.66 bits per heavy atom. The molecule has 0 saturated carbocycles. The van der Waals surface area contributed by atoms with Crippen molar-refractivity contribution >= 4 is 39.0 Å². The van der Waals surface area contributed by atoms with E-state index in [-0.39, 0.29) is 11.4 Å². The lowest BCUT2D eigenvalue weighted by Gasteiger charge is -2.14. The number of nitrogens with one attached hydrogen (secondary N) is 4. The number of hydrogen-bond acceptors (Lipinski definition) is 10. The van der Waals surface area contributed by atoms with E-state index in [1.807, 2.05) is 30.3 Å². The van der Waals surface area contributed by atoms with Crippen LogP contribution in [-0.2, 0) is 10.0 Å². The third-order valence-corrected chi connectivity index (χ3v) is 6.94. The van der Waals surface area contributed by atoms with Gasteiger partial charge in [-0.15, -0.1) is 0 Å². The van der Waals surface area contributed by atoms with Gasteiger partial charge in [-0.3, -0.25) is 10.4 Å². The molecule has 0 aliphatic carbocycles. The summed E-state index contributed by atoms with van der Waals surface area (Å²) in [6, 6.07) is 21.1. The lowest BCUT2D eigenvalue weighted by atomic mass is 10.1. The van der Waals surface area contributed by atoms with Crippen molar-refractivity contribution in [3.8, 4) is 0 Å². The summed E-state index contributed by atoms with van der Waals surface area (Å²) in [7, 11) is -2.15. The zero-order chi connectivity index (χ0) is 27.0. The van der Waals surface area contributed by atoms with Crippen LogP contribution in [0.25, 0.3) is 0 Å². The van der Waals surface area contributed by atoms with Gasteiger partial charge in [0, 0.05) is 30.7 Å². The Labute approximate surface area is 221 Å². The van der Waals surface area contributed by atoms with Crippen LogP contribution in [0.3, 0.4) is 0 Å². The monoisotopic (exact) mass is 532 g/mol. The van der Waals surface area contributed by atoms with Crippen LogP contribution in [-0.4, -0.2) is 47.8 Å². The summed E-state index contributed by atoms with van der Waals surface area (Å²) in [5.41, 5.74) is 5.84. The fourth-order valence-electron chi connectivity index (χ4n) is 3.41. The predicted octanol–water partition coefficient (Wildman–Crippen LogP) is 3.50. The zero-order valence-corrected chi connectivity index (χ0v) is 21.6. The van der Waals surface area contributed by atoms with Crippen LogP contribution >= 0.6 is 0 Å². The Hall–Kier alpha value is -4.39. The van der Waals surface area contributed by atoms with Crippen molar-refractivity contribution in [1.29, 1.82) is 0 Å². The molecule has 1 unspecified atom stereocenters. The summed E-state index contributed by atoms with van der Waals surface area (Å²) in [6.45, 7) is 2.01. The number of sulfonamides is 1. The number of rotatable bonds is 11. The molecule has 2 aromatic carbocycles. The molecule has 2 heterocycles. The van der Waals surface area contributed by atoms with E-state index < -0.39 is 16.1 Å².